The summed E-state index contributed by atoms with van der Waals surface area (Å²) in [6, 6.07) is 0.835. The van der Waals surface area contributed by atoms with Gasteiger partial charge in [-0.2, -0.15) is 0 Å². The number of rotatable bonds is 2. The van der Waals surface area contributed by atoms with Crippen molar-refractivity contribution in [3.63, 3.8) is 0 Å². The fraction of sp³-hybridized carbons (Fsp3) is 1.00. The third kappa shape index (κ3) is 2.94. The molecule has 0 aromatic carbocycles. The van der Waals surface area contributed by atoms with Crippen LogP contribution in [0.1, 0.15) is 53.9 Å². The molecule has 0 aromatic heterocycles. The van der Waals surface area contributed by atoms with Crippen molar-refractivity contribution in [3.8, 4) is 0 Å². The molecular formula is C13H27NO. The van der Waals surface area contributed by atoms with Crippen LogP contribution in [0.5, 0.6) is 0 Å². The van der Waals surface area contributed by atoms with E-state index in [1.165, 1.54) is 6.42 Å². The van der Waals surface area contributed by atoms with Crippen LogP contribution in [0.15, 0.2) is 0 Å². The molecule has 1 aliphatic heterocycles. The molecule has 2 atom stereocenters. The van der Waals surface area contributed by atoms with Crippen LogP contribution in [0.3, 0.4) is 0 Å². The quantitative estimate of drug-likeness (QED) is 0.762. The summed E-state index contributed by atoms with van der Waals surface area (Å²) in [4.78, 5) is 2.48. The average Bonchev–Trinajstić information content (AvgIpc) is 2.22. The fourth-order valence-electron chi connectivity index (χ4n) is 3.10. The molecule has 15 heavy (non-hydrogen) atoms. The van der Waals surface area contributed by atoms with E-state index < -0.39 is 5.60 Å². The van der Waals surface area contributed by atoms with Crippen molar-refractivity contribution >= 4 is 0 Å². The van der Waals surface area contributed by atoms with E-state index in [1.54, 1.807) is 0 Å². The van der Waals surface area contributed by atoms with E-state index in [9.17, 15) is 5.11 Å². The highest BCUT2D eigenvalue weighted by molar-refractivity contribution is 4.94. The molecule has 90 valence electrons. The van der Waals surface area contributed by atoms with Gasteiger partial charge >= 0.3 is 0 Å². The SMILES string of the molecule is CC(C)C1N(C(C)C)CCCCC1(C)O. The van der Waals surface area contributed by atoms with Crippen molar-refractivity contribution in [2.24, 2.45) is 5.92 Å². The monoisotopic (exact) mass is 213 g/mol. The number of aliphatic hydroxyl groups is 1. The number of hydrogen-bond acceptors (Lipinski definition) is 2. The second kappa shape index (κ2) is 4.84. The first-order valence-electron chi connectivity index (χ1n) is 6.34. The van der Waals surface area contributed by atoms with Gasteiger partial charge < -0.3 is 5.11 Å². The average molecular weight is 213 g/mol. The molecule has 0 spiro atoms. The second-order valence-corrected chi connectivity index (χ2v) is 5.83. The fourth-order valence-corrected chi connectivity index (χ4v) is 3.10. The predicted octanol–water partition coefficient (Wildman–Crippen LogP) is 2.66. The summed E-state index contributed by atoms with van der Waals surface area (Å²) in [5.74, 6) is 0.514. The zero-order valence-electron chi connectivity index (χ0n) is 11.0. The van der Waals surface area contributed by atoms with Crippen LogP contribution in [0, 0.1) is 5.92 Å². The minimum absolute atomic E-state index is 0.306. The van der Waals surface area contributed by atoms with Gasteiger partial charge in [0.1, 0.15) is 0 Å². The number of hydrogen-bond donors (Lipinski definition) is 1. The Labute approximate surface area is 94.7 Å². The molecule has 0 aliphatic carbocycles. The van der Waals surface area contributed by atoms with Crippen LogP contribution < -0.4 is 0 Å². The zero-order chi connectivity index (χ0) is 11.6. The standard InChI is InChI=1S/C13H27NO/c1-10(2)12-13(5,15)8-6-7-9-14(12)11(3)4/h10-12,15H,6-9H2,1-5H3. The lowest BCUT2D eigenvalue weighted by Crippen LogP contribution is -2.55. The van der Waals surface area contributed by atoms with Crippen molar-refractivity contribution in [3.05, 3.63) is 0 Å². The Morgan fingerprint density at radius 3 is 2.27 bits per heavy atom. The van der Waals surface area contributed by atoms with Crippen molar-refractivity contribution < 1.29 is 5.11 Å². The molecule has 1 aliphatic rings. The van der Waals surface area contributed by atoms with Crippen LogP contribution >= 0.6 is 0 Å². The Morgan fingerprint density at radius 2 is 1.80 bits per heavy atom. The molecule has 0 aromatic rings. The molecule has 0 bridgehead atoms. The third-order valence-corrected chi connectivity index (χ3v) is 3.64. The molecule has 1 N–H and O–H groups in total. The molecular weight excluding hydrogens is 186 g/mol. The number of likely N-dealkylation sites (tertiary alicyclic amines) is 1. The van der Waals surface area contributed by atoms with Gasteiger partial charge in [-0.25, -0.2) is 0 Å². The van der Waals surface area contributed by atoms with Crippen molar-refractivity contribution in [2.45, 2.75) is 71.6 Å². The van der Waals surface area contributed by atoms with Crippen LogP contribution in [-0.4, -0.2) is 34.2 Å². The van der Waals surface area contributed by atoms with Crippen LogP contribution in [-0.2, 0) is 0 Å². The molecule has 1 saturated heterocycles. The third-order valence-electron chi connectivity index (χ3n) is 3.64. The largest absolute Gasteiger partial charge is 0.389 e. The summed E-state index contributed by atoms with van der Waals surface area (Å²) >= 11 is 0. The Balaban J connectivity index is 2.92. The summed E-state index contributed by atoms with van der Waals surface area (Å²) in [6.45, 7) is 12.1. The van der Waals surface area contributed by atoms with Crippen molar-refractivity contribution in [2.75, 3.05) is 6.54 Å². The Morgan fingerprint density at radius 1 is 1.20 bits per heavy atom. The first-order valence-corrected chi connectivity index (χ1v) is 6.34. The second-order valence-electron chi connectivity index (χ2n) is 5.83. The smallest absolute Gasteiger partial charge is 0.0776 e. The molecule has 2 unspecified atom stereocenters. The normalized spacial score (nSPS) is 34.8. The molecule has 0 radical (unpaired) electrons. The topological polar surface area (TPSA) is 23.5 Å². The van der Waals surface area contributed by atoms with Crippen LogP contribution in [0.2, 0.25) is 0 Å². The lowest BCUT2D eigenvalue weighted by molar-refractivity contribution is -0.0577. The van der Waals surface area contributed by atoms with E-state index in [0.29, 0.717) is 18.0 Å². The lowest BCUT2D eigenvalue weighted by Gasteiger charge is -2.43. The van der Waals surface area contributed by atoms with Crippen molar-refractivity contribution in [1.29, 1.82) is 0 Å². The highest BCUT2D eigenvalue weighted by Gasteiger charge is 2.40. The highest BCUT2D eigenvalue weighted by atomic mass is 16.3. The van der Waals surface area contributed by atoms with Gasteiger partial charge in [0.05, 0.1) is 5.60 Å². The van der Waals surface area contributed by atoms with Gasteiger partial charge in [-0.15, -0.1) is 0 Å². The zero-order valence-corrected chi connectivity index (χ0v) is 11.0. The minimum atomic E-state index is -0.519. The van der Waals surface area contributed by atoms with Gasteiger partial charge in [0.2, 0.25) is 0 Å². The molecule has 1 heterocycles. The van der Waals surface area contributed by atoms with Gasteiger partial charge in [-0.3, -0.25) is 4.90 Å². The van der Waals surface area contributed by atoms with Gasteiger partial charge in [0, 0.05) is 12.1 Å². The maximum absolute atomic E-state index is 10.6. The first-order chi connectivity index (χ1) is 6.86. The molecule has 1 fully saturated rings. The summed E-state index contributed by atoms with van der Waals surface area (Å²) in [5.41, 5.74) is -0.519. The Hall–Kier alpha value is -0.0800. The molecule has 0 saturated carbocycles. The molecule has 1 rings (SSSR count). The van der Waals surface area contributed by atoms with Gasteiger partial charge in [-0.1, -0.05) is 13.8 Å². The summed E-state index contributed by atoms with van der Waals surface area (Å²) in [6.07, 6.45) is 3.32. The predicted molar refractivity (Wildman–Crippen MR) is 64.9 cm³/mol. The van der Waals surface area contributed by atoms with Crippen molar-refractivity contribution in [1.82, 2.24) is 4.90 Å². The van der Waals surface area contributed by atoms with E-state index in [-0.39, 0.29) is 0 Å². The molecule has 2 nitrogen and oxygen atoms in total. The van der Waals surface area contributed by atoms with Gasteiger partial charge in [0.25, 0.3) is 0 Å². The van der Waals surface area contributed by atoms with Crippen LogP contribution in [0.25, 0.3) is 0 Å². The van der Waals surface area contributed by atoms with E-state index >= 15 is 0 Å². The van der Waals surface area contributed by atoms with E-state index in [1.807, 2.05) is 6.92 Å². The lowest BCUT2D eigenvalue weighted by atomic mass is 9.83. The van der Waals surface area contributed by atoms with Gasteiger partial charge in [0.15, 0.2) is 0 Å². The number of nitrogens with zero attached hydrogens (tertiary/aromatic N) is 1. The molecule has 0 amide bonds. The van der Waals surface area contributed by atoms with E-state index in [0.717, 1.165) is 19.4 Å². The maximum Gasteiger partial charge on any atom is 0.0776 e. The molecule has 2 heteroatoms. The van der Waals surface area contributed by atoms with Gasteiger partial charge in [-0.05, 0) is 52.5 Å². The first kappa shape index (κ1) is 13.0. The summed E-state index contributed by atoms with van der Waals surface area (Å²) in [7, 11) is 0. The highest BCUT2D eigenvalue weighted by Crippen LogP contribution is 2.32. The summed E-state index contributed by atoms with van der Waals surface area (Å²) in [5, 5.41) is 10.6. The Bertz CT molecular complexity index is 199. The maximum atomic E-state index is 10.6. The summed E-state index contributed by atoms with van der Waals surface area (Å²) < 4.78 is 0. The van der Waals surface area contributed by atoms with Crippen LogP contribution in [0.4, 0.5) is 0 Å². The Kier molecular flexibility index (Phi) is 4.19. The van der Waals surface area contributed by atoms with E-state index in [2.05, 4.69) is 32.6 Å². The minimum Gasteiger partial charge on any atom is -0.389 e. The van der Waals surface area contributed by atoms with E-state index in [4.69, 9.17) is 0 Å².